The van der Waals surface area contributed by atoms with Gasteiger partial charge in [-0.3, -0.25) is 18.9 Å². The van der Waals surface area contributed by atoms with Gasteiger partial charge in [0.15, 0.2) is 0 Å². The summed E-state index contributed by atoms with van der Waals surface area (Å²) in [6.07, 6.45) is 3.58. The zero-order valence-electron chi connectivity index (χ0n) is 26.5. The Morgan fingerprint density at radius 1 is 1.07 bits per heavy atom. The largest absolute Gasteiger partial charge is 0.353 e. The first kappa shape index (κ1) is 33.4. The number of nitrogens with zero attached hydrogens (tertiary/aromatic N) is 2. The van der Waals surface area contributed by atoms with Crippen LogP contribution in [0.3, 0.4) is 0 Å². The van der Waals surface area contributed by atoms with Crippen molar-refractivity contribution in [1.29, 1.82) is 0 Å². The smallest absolute Gasteiger partial charge is 0.348 e. The number of benzene rings is 2. The van der Waals surface area contributed by atoms with Gasteiger partial charge in [0, 0.05) is 50.8 Å². The van der Waals surface area contributed by atoms with Crippen LogP contribution in [-0.2, 0) is 27.4 Å². The molecule has 0 aliphatic carbocycles. The molecule has 11 nitrogen and oxygen atoms in total. The maximum absolute atomic E-state index is 12.9. The minimum atomic E-state index is -3.49. The summed E-state index contributed by atoms with van der Waals surface area (Å²) in [6.45, 7) is 4.93. The zero-order chi connectivity index (χ0) is 32.5. The second-order valence-corrected chi connectivity index (χ2v) is 19.9. The fraction of sp³-hybridized carbons (Fsp3) is 0.438. The Morgan fingerprint density at radius 3 is 2.35 bits per heavy atom. The van der Waals surface area contributed by atoms with Gasteiger partial charge in [0.25, 0.3) is 14.1 Å². The normalized spacial score (nSPS) is 27.0. The van der Waals surface area contributed by atoms with Crippen molar-refractivity contribution in [3.8, 4) is 0 Å². The van der Waals surface area contributed by atoms with Gasteiger partial charge < -0.3 is 22.8 Å². The average Bonchev–Trinajstić information content (AvgIpc) is 3.80. The quantitative estimate of drug-likeness (QED) is 0.230. The number of ether oxygens (including phenoxy) is 1. The number of hydrogen-bond donors (Lipinski definition) is 1. The summed E-state index contributed by atoms with van der Waals surface area (Å²) in [5, 5.41) is 2.73. The molecule has 3 fully saturated rings. The number of hydrogen-bond acceptors (Lipinski definition) is 9. The van der Waals surface area contributed by atoms with E-state index in [2.05, 4.69) is 76.9 Å². The molecule has 6 atom stereocenters. The molecular formula is C32H41N3O8P2Si. The van der Waals surface area contributed by atoms with E-state index >= 15 is 0 Å². The molecule has 46 heavy (non-hydrogen) atoms. The predicted octanol–water partition coefficient (Wildman–Crippen LogP) is 4.50. The van der Waals surface area contributed by atoms with Gasteiger partial charge in [-0.25, -0.2) is 9.46 Å². The topological polar surface area (TPSA) is 121 Å². The minimum absolute atomic E-state index is 0.00975. The van der Waals surface area contributed by atoms with Crippen molar-refractivity contribution in [2.75, 3.05) is 20.8 Å². The van der Waals surface area contributed by atoms with Crippen LogP contribution in [0, 0.1) is 6.92 Å². The van der Waals surface area contributed by atoms with Gasteiger partial charge in [-0.15, -0.1) is 0 Å². The Bertz CT molecular complexity index is 1660. The van der Waals surface area contributed by atoms with Crippen molar-refractivity contribution in [2.24, 2.45) is 0 Å². The van der Waals surface area contributed by atoms with E-state index in [1.165, 1.54) is 41.2 Å². The van der Waals surface area contributed by atoms with Crippen molar-refractivity contribution in [1.82, 2.24) is 14.2 Å². The van der Waals surface area contributed by atoms with Gasteiger partial charge in [-0.1, -0.05) is 77.6 Å². The summed E-state index contributed by atoms with van der Waals surface area (Å²) in [6, 6.07) is 22.7. The van der Waals surface area contributed by atoms with Crippen LogP contribution >= 0.6 is 16.1 Å². The molecule has 1 N–H and O–H groups in total. The highest BCUT2D eigenvalue weighted by Gasteiger charge is 2.51. The number of nitrogens with one attached hydrogen (secondary N) is 1. The lowest BCUT2D eigenvalue weighted by molar-refractivity contribution is 0.00704. The van der Waals surface area contributed by atoms with Gasteiger partial charge in [-0.05, 0) is 31.9 Å². The number of fused-ring (bicyclic) bond motifs is 1. The lowest BCUT2D eigenvalue weighted by Crippen LogP contribution is -2.58. The van der Waals surface area contributed by atoms with Gasteiger partial charge in [0.2, 0.25) is 0 Å². The second-order valence-electron chi connectivity index (χ2n) is 12.2. The van der Waals surface area contributed by atoms with Crippen molar-refractivity contribution in [2.45, 2.75) is 69.4 Å². The Hall–Kier alpha value is -2.50. The SMILES string of the molecule is COP(=O)(/C=C/[C@H]1O[C@@H](n2cc(C)c(=O)[nH]c2=O)C[C@H]1O[P@@]1O[C@H](C[Si](C)(c2ccccc2)c2ccccc2)[C@@H]2CCCN21)OC. The maximum atomic E-state index is 12.9. The first-order chi connectivity index (χ1) is 22.1. The molecule has 3 aromatic rings. The number of aryl methyl sites for hydroxylation is 1. The average molecular weight is 686 g/mol. The second kappa shape index (κ2) is 13.9. The molecule has 3 aliphatic heterocycles. The number of H-pyrrole nitrogens is 1. The first-order valence-corrected chi connectivity index (χ1v) is 21.0. The highest BCUT2D eigenvalue weighted by molar-refractivity contribution is 7.57. The monoisotopic (exact) mass is 685 g/mol. The van der Waals surface area contributed by atoms with Crippen LogP contribution in [0.1, 0.15) is 31.1 Å². The van der Waals surface area contributed by atoms with Crippen LogP contribution in [-0.4, -0.2) is 67.4 Å². The third-order valence-electron chi connectivity index (χ3n) is 9.33. The van der Waals surface area contributed by atoms with Crippen LogP contribution in [0.2, 0.25) is 12.6 Å². The molecule has 1 aromatic heterocycles. The van der Waals surface area contributed by atoms with E-state index in [1.807, 2.05) is 0 Å². The predicted molar refractivity (Wildman–Crippen MR) is 180 cm³/mol. The van der Waals surface area contributed by atoms with Crippen LogP contribution < -0.4 is 21.6 Å². The summed E-state index contributed by atoms with van der Waals surface area (Å²) >= 11 is 0. The molecule has 14 heteroatoms. The Labute approximate surface area is 271 Å². The summed E-state index contributed by atoms with van der Waals surface area (Å²) in [5.41, 5.74) is -0.629. The highest BCUT2D eigenvalue weighted by atomic mass is 31.2. The molecule has 246 valence electrons. The van der Waals surface area contributed by atoms with E-state index in [1.54, 1.807) is 13.0 Å². The fourth-order valence-electron chi connectivity index (χ4n) is 6.69. The molecule has 0 bridgehead atoms. The van der Waals surface area contributed by atoms with Crippen LogP contribution in [0.4, 0.5) is 0 Å². The summed E-state index contributed by atoms with van der Waals surface area (Å²) in [4.78, 5) is 27.2. The van der Waals surface area contributed by atoms with E-state index < -0.39 is 53.9 Å². The molecule has 0 saturated carbocycles. The van der Waals surface area contributed by atoms with Crippen LogP contribution in [0.5, 0.6) is 0 Å². The highest BCUT2D eigenvalue weighted by Crippen LogP contribution is 2.59. The number of aromatic nitrogens is 2. The van der Waals surface area contributed by atoms with Crippen molar-refractivity contribution < 1.29 is 27.4 Å². The standard InChI is InChI=1S/C32H41N3O8P2Si/c1-23-21-34(32(37)33-31(23)36)30-20-28(27(41-30)17-19-45(38,39-2)40-3)42-44-35-18-11-16-26(35)29(43-44)22-46(4,24-12-7-5-8-13-24)25-14-9-6-10-15-25/h5-10,12-15,17,19,21,26-30H,11,16,18,20,22H2,1-4H3,(H,33,36,37)/b19-17+/t26-,27+,28+,29+,30+,44-/m0/s1. The van der Waals surface area contributed by atoms with Crippen molar-refractivity contribution in [3.05, 3.63) is 105 Å². The maximum Gasteiger partial charge on any atom is 0.353 e. The molecule has 4 heterocycles. The third-order valence-corrected chi connectivity index (χ3v) is 17.1. The van der Waals surface area contributed by atoms with E-state index in [4.69, 9.17) is 22.8 Å². The lowest BCUT2D eigenvalue weighted by Gasteiger charge is -2.32. The summed E-state index contributed by atoms with van der Waals surface area (Å²) < 4.78 is 46.7. The number of rotatable bonds is 11. The molecule has 0 spiro atoms. The third kappa shape index (κ3) is 6.74. The Balaban J connectivity index is 1.27. The van der Waals surface area contributed by atoms with Gasteiger partial charge >= 0.3 is 13.3 Å². The van der Waals surface area contributed by atoms with Crippen LogP contribution in [0.25, 0.3) is 0 Å². The Kier molecular flexibility index (Phi) is 10.1. The minimum Gasteiger partial charge on any atom is -0.348 e. The molecule has 3 saturated heterocycles. The molecular weight excluding hydrogens is 644 g/mol. The molecule has 3 aliphatic rings. The van der Waals surface area contributed by atoms with Crippen molar-refractivity contribution in [3.63, 3.8) is 0 Å². The zero-order valence-corrected chi connectivity index (χ0v) is 29.3. The first-order valence-electron chi connectivity index (χ1n) is 15.5. The summed E-state index contributed by atoms with van der Waals surface area (Å²) in [7, 11) is -4.48. The summed E-state index contributed by atoms with van der Waals surface area (Å²) in [5.74, 6) is 1.36. The lowest BCUT2D eigenvalue weighted by atomic mass is 10.1. The Morgan fingerprint density at radius 2 is 1.72 bits per heavy atom. The molecule has 6 rings (SSSR count). The molecule has 0 radical (unpaired) electrons. The number of aromatic amines is 1. The molecule has 2 aromatic carbocycles. The van der Waals surface area contributed by atoms with Gasteiger partial charge in [0.05, 0.1) is 12.2 Å². The van der Waals surface area contributed by atoms with E-state index in [-0.39, 0.29) is 12.1 Å². The van der Waals surface area contributed by atoms with Gasteiger partial charge in [0.1, 0.15) is 20.4 Å². The van der Waals surface area contributed by atoms with E-state index in [0.717, 1.165) is 25.4 Å². The molecule has 0 unspecified atom stereocenters. The fourth-order valence-corrected chi connectivity index (χ4v) is 13.4. The van der Waals surface area contributed by atoms with E-state index in [9.17, 15) is 14.2 Å². The van der Waals surface area contributed by atoms with Crippen LogP contribution in [0.15, 0.2) is 88.3 Å². The van der Waals surface area contributed by atoms with Crippen molar-refractivity contribution >= 4 is 34.6 Å². The van der Waals surface area contributed by atoms with Gasteiger partial charge in [-0.2, -0.15) is 0 Å². The molecule has 0 amide bonds. The van der Waals surface area contributed by atoms with E-state index in [0.29, 0.717) is 12.0 Å².